The summed E-state index contributed by atoms with van der Waals surface area (Å²) in [6.07, 6.45) is 0.863. The molecular weight excluding hydrogens is 476 g/mol. The molecule has 0 spiro atoms. The van der Waals surface area contributed by atoms with E-state index in [-0.39, 0.29) is 18.1 Å². The average Bonchev–Trinajstić information content (AvgIpc) is 3.36. The van der Waals surface area contributed by atoms with E-state index in [1.54, 1.807) is 0 Å². The van der Waals surface area contributed by atoms with Gasteiger partial charge in [0.05, 0.1) is 16.9 Å². The van der Waals surface area contributed by atoms with Crippen molar-refractivity contribution in [3.05, 3.63) is 90.6 Å². The maximum Gasteiger partial charge on any atom is 0.319 e. The van der Waals surface area contributed by atoms with Crippen LogP contribution in [0.1, 0.15) is 12.1 Å². The molecule has 4 aromatic rings. The highest BCUT2D eigenvalue weighted by molar-refractivity contribution is 6.00. The number of pyridine rings is 1. The lowest BCUT2D eigenvalue weighted by Gasteiger charge is -2.18. The topological polar surface area (TPSA) is 98.4 Å². The number of aryl methyl sites for hydroxylation is 1. The highest BCUT2D eigenvalue weighted by Crippen LogP contribution is 2.27. The van der Waals surface area contributed by atoms with Crippen molar-refractivity contribution in [3.63, 3.8) is 0 Å². The number of carbonyl (C=O) groups is 2. The van der Waals surface area contributed by atoms with E-state index < -0.39 is 0 Å². The van der Waals surface area contributed by atoms with E-state index in [1.807, 2.05) is 91.9 Å². The molecule has 8 heteroatoms. The highest BCUT2D eigenvalue weighted by Gasteiger charge is 2.24. The number of benzene rings is 3. The van der Waals surface area contributed by atoms with Crippen molar-refractivity contribution >= 4 is 34.3 Å². The molecule has 0 radical (unpaired) electrons. The molecule has 1 saturated heterocycles. The molecule has 0 aliphatic carbocycles. The summed E-state index contributed by atoms with van der Waals surface area (Å²) in [7, 11) is 0. The van der Waals surface area contributed by atoms with Gasteiger partial charge in [0.15, 0.2) is 0 Å². The van der Waals surface area contributed by atoms with Crippen LogP contribution in [0.2, 0.25) is 0 Å². The zero-order valence-electron chi connectivity index (χ0n) is 21.4. The predicted molar refractivity (Wildman–Crippen MR) is 152 cm³/mol. The number of rotatable bonds is 7. The van der Waals surface area contributed by atoms with Gasteiger partial charge < -0.3 is 21.3 Å². The van der Waals surface area contributed by atoms with Crippen molar-refractivity contribution in [2.24, 2.45) is 0 Å². The van der Waals surface area contributed by atoms with E-state index in [0.717, 1.165) is 58.6 Å². The van der Waals surface area contributed by atoms with Crippen molar-refractivity contribution < 1.29 is 9.59 Å². The van der Waals surface area contributed by atoms with Crippen LogP contribution in [0, 0.1) is 6.92 Å². The molecule has 4 N–H and O–H groups in total. The first kappa shape index (κ1) is 25.2. The fourth-order valence-corrected chi connectivity index (χ4v) is 4.86. The van der Waals surface area contributed by atoms with Gasteiger partial charge in [0, 0.05) is 48.9 Å². The van der Waals surface area contributed by atoms with Crippen LogP contribution in [0.3, 0.4) is 0 Å². The molecular formula is C30H32N6O2. The lowest BCUT2D eigenvalue weighted by Crippen LogP contribution is -2.41. The first-order valence-corrected chi connectivity index (χ1v) is 12.9. The van der Waals surface area contributed by atoms with Gasteiger partial charge in [0.2, 0.25) is 0 Å². The van der Waals surface area contributed by atoms with E-state index in [1.165, 1.54) is 0 Å². The summed E-state index contributed by atoms with van der Waals surface area (Å²) in [5, 5.41) is 12.9. The Hall–Kier alpha value is -4.43. The predicted octanol–water partition coefficient (Wildman–Crippen LogP) is 5.23. The van der Waals surface area contributed by atoms with Crippen molar-refractivity contribution in [1.82, 2.24) is 20.5 Å². The molecule has 194 valence electrons. The van der Waals surface area contributed by atoms with Crippen LogP contribution >= 0.6 is 0 Å². The first-order chi connectivity index (χ1) is 18.5. The van der Waals surface area contributed by atoms with Gasteiger partial charge in [-0.1, -0.05) is 66.7 Å². The second kappa shape index (κ2) is 11.7. The fourth-order valence-electron chi connectivity index (χ4n) is 4.86. The Morgan fingerprint density at radius 1 is 0.895 bits per heavy atom. The van der Waals surface area contributed by atoms with Crippen LogP contribution in [0.25, 0.3) is 22.0 Å². The number of amides is 4. The summed E-state index contributed by atoms with van der Waals surface area (Å²) in [6, 6.07) is 27.0. The third-order valence-electron chi connectivity index (χ3n) is 6.67. The average molecular weight is 509 g/mol. The van der Waals surface area contributed by atoms with Gasteiger partial charge >= 0.3 is 12.1 Å². The number of likely N-dealkylation sites (tertiary alicyclic amines) is 1. The maximum absolute atomic E-state index is 12.7. The third-order valence-corrected chi connectivity index (χ3v) is 6.67. The molecule has 1 unspecified atom stereocenters. The zero-order valence-corrected chi connectivity index (χ0v) is 21.4. The van der Waals surface area contributed by atoms with Crippen LogP contribution in [0.4, 0.5) is 21.0 Å². The lowest BCUT2D eigenvalue weighted by molar-refractivity contribution is 0.247. The molecule has 1 fully saturated rings. The van der Waals surface area contributed by atoms with Gasteiger partial charge in [0.25, 0.3) is 0 Å². The van der Waals surface area contributed by atoms with Gasteiger partial charge in [-0.05, 0) is 37.1 Å². The summed E-state index contributed by atoms with van der Waals surface area (Å²) in [4.78, 5) is 32.0. The normalized spacial score (nSPS) is 15.2. The molecule has 1 aliphatic heterocycles. The number of anilines is 2. The summed E-state index contributed by atoms with van der Waals surface area (Å²) in [5.74, 6) is 0. The molecule has 3 aromatic carbocycles. The zero-order chi connectivity index (χ0) is 26.3. The van der Waals surface area contributed by atoms with Crippen LogP contribution in [0.5, 0.6) is 0 Å². The number of nitrogens with zero attached hydrogens (tertiary/aromatic N) is 2. The van der Waals surface area contributed by atoms with E-state index >= 15 is 0 Å². The summed E-state index contributed by atoms with van der Waals surface area (Å²) >= 11 is 0. The minimum atomic E-state index is -0.244. The first-order valence-electron chi connectivity index (χ1n) is 12.9. The van der Waals surface area contributed by atoms with Crippen molar-refractivity contribution in [2.75, 3.05) is 36.8 Å². The van der Waals surface area contributed by atoms with Gasteiger partial charge in [-0.25, -0.2) is 9.59 Å². The smallest absolute Gasteiger partial charge is 0.319 e. The summed E-state index contributed by atoms with van der Waals surface area (Å²) in [5.41, 5.74) is 5.26. The molecule has 1 aliphatic rings. The molecule has 1 atom stereocenters. The van der Waals surface area contributed by atoms with E-state index in [2.05, 4.69) is 31.2 Å². The Labute approximate surface area is 222 Å². The van der Waals surface area contributed by atoms with Crippen LogP contribution in [-0.2, 0) is 0 Å². The molecule has 38 heavy (non-hydrogen) atoms. The number of carbonyl (C=O) groups excluding carboxylic acids is 2. The van der Waals surface area contributed by atoms with Gasteiger partial charge in [0.1, 0.15) is 0 Å². The second-order valence-electron chi connectivity index (χ2n) is 9.51. The van der Waals surface area contributed by atoms with E-state index in [4.69, 9.17) is 0 Å². The van der Waals surface area contributed by atoms with E-state index in [0.29, 0.717) is 13.1 Å². The maximum atomic E-state index is 12.7. The fraction of sp³-hybridized carbons (Fsp3) is 0.233. The Balaban J connectivity index is 1.07. The number of nitrogens with one attached hydrogen (secondary N) is 4. The Bertz CT molecular complexity index is 1420. The van der Waals surface area contributed by atoms with Gasteiger partial charge in [-0.2, -0.15) is 0 Å². The second-order valence-corrected chi connectivity index (χ2v) is 9.51. The third kappa shape index (κ3) is 6.27. The molecule has 5 rings (SSSR count). The SMILES string of the molecule is Cc1cc(NC(=O)NCCN2CCC(NC(=O)Nc3ccccc3-c3ccccc3)C2)c2ccccc2n1. The minimum Gasteiger partial charge on any atom is -0.337 e. The molecule has 2 heterocycles. The molecule has 8 nitrogen and oxygen atoms in total. The van der Waals surface area contributed by atoms with Gasteiger partial charge in [-0.15, -0.1) is 0 Å². The van der Waals surface area contributed by atoms with Crippen molar-refractivity contribution in [1.29, 1.82) is 0 Å². The Kier molecular flexibility index (Phi) is 7.80. The monoisotopic (exact) mass is 508 g/mol. The Morgan fingerprint density at radius 2 is 1.63 bits per heavy atom. The Morgan fingerprint density at radius 3 is 2.50 bits per heavy atom. The van der Waals surface area contributed by atoms with Crippen LogP contribution < -0.4 is 21.3 Å². The molecule has 1 aromatic heterocycles. The number of aromatic nitrogens is 1. The summed E-state index contributed by atoms with van der Waals surface area (Å²) in [6.45, 7) is 4.74. The lowest BCUT2D eigenvalue weighted by atomic mass is 10.0. The summed E-state index contributed by atoms with van der Waals surface area (Å²) < 4.78 is 0. The number of para-hydroxylation sites is 2. The van der Waals surface area contributed by atoms with Crippen molar-refractivity contribution in [3.8, 4) is 11.1 Å². The molecule has 0 saturated carbocycles. The van der Waals surface area contributed by atoms with Crippen LogP contribution in [0.15, 0.2) is 84.9 Å². The van der Waals surface area contributed by atoms with E-state index in [9.17, 15) is 9.59 Å². The number of fused-ring (bicyclic) bond motifs is 1. The minimum absolute atomic E-state index is 0.0545. The van der Waals surface area contributed by atoms with Gasteiger partial charge in [-0.3, -0.25) is 9.88 Å². The highest BCUT2D eigenvalue weighted by atomic mass is 16.2. The molecule has 4 amide bonds. The largest absolute Gasteiger partial charge is 0.337 e. The quantitative estimate of drug-likeness (QED) is 0.275. The van der Waals surface area contributed by atoms with Crippen LogP contribution in [-0.4, -0.2) is 54.2 Å². The number of hydrogen-bond acceptors (Lipinski definition) is 4. The standard InChI is InChI=1S/C30H32N6O2/c1-21-19-28(25-12-6-8-14-27(25)32-21)35-29(37)31-16-18-36-17-15-23(20-36)33-30(38)34-26-13-7-5-11-24(26)22-9-3-2-4-10-22/h2-14,19,23H,15-18,20H2,1H3,(H2,33,34,38)(H2,31,32,35,37). The number of hydrogen-bond donors (Lipinski definition) is 4. The van der Waals surface area contributed by atoms with Crippen molar-refractivity contribution in [2.45, 2.75) is 19.4 Å². The molecule has 0 bridgehead atoms. The number of urea groups is 2.